The minimum atomic E-state index is -5.40. The second kappa shape index (κ2) is 10.6. The molecule has 0 N–H and O–H groups in total. The fraction of sp³-hybridized carbons (Fsp3) is 0.231. The first kappa shape index (κ1) is 27.0. The summed E-state index contributed by atoms with van der Waals surface area (Å²) in [6.45, 7) is 2.00. The number of benzene rings is 3. The van der Waals surface area contributed by atoms with Gasteiger partial charge in [0.05, 0.1) is 5.56 Å². The van der Waals surface area contributed by atoms with Gasteiger partial charge in [-0.3, -0.25) is 0 Å². The van der Waals surface area contributed by atoms with Crippen molar-refractivity contribution < 1.29 is 44.3 Å². The van der Waals surface area contributed by atoms with Crippen molar-refractivity contribution in [3.8, 4) is 17.6 Å². The Kier molecular flexibility index (Phi) is 7.92. The van der Waals surface area contributed by atoms with Crippen LogP contribution in [0.2, 0.25) is 0 Å². The van der Waals surface area contributed by atoms with E-state index in [1.807, 2.05) is 6.92 Å². The van der Waals surface area contributed by atoms with E-state index in [-0.39, 0.29) is 23.3 Å². The second-order valence-electron chi connectivity index (χ2n) is 7.74. The maximum absolute atomic E-state index is 14.4. The van der Waals surface area contributed by atoms with Crippen LogP contribution in [0.25, 0.3) is 0 Å². The van der Waals surface area contributed by atoms with Gasteiger partial charge in [-0.25, -0.2) is 17.6 Å². The third-order valence-electron chi connectivity index (χ3n) is 5.02. The van der Waals surface area contributed by atoms with Crippen LogP contribution in [0.4, 0.5) is 39.5 Å². The molecular weight excluding hydrogens is 499 g/mol. The predicted molar refractivity (Wildman–Crippen MR) is 113 cm³/mol. The highest BCUT2D eigenvalue weighted by atomic mass is 19.4. The zero-order valence-electron chi connectivity index (χ0n) is 18.6. The first-order valence-electron chi connectivity index (χ1n) is 10.6. The molecule has 10 heteroatoms. The number of unbranched alkanes of at least 4 members (excludes halogenated alkanes) is 1. The van der Waals surface area contributed by atoms with E-state index >= 15 is 0 Å². The molecule has 0 aliphatic carbocycles. The molecule has 0 unspecified atom stereocenters. The van der Waals surface area contributed by atoms with Gasteiger partial charge < -0.3 is 4.74 Å². The number of rotatable bonds is 6. The van der Waals surface area contributed by atoms with Crippen LogP contribution in [0.5, 0.6) is 5.75 Å². The van der Waals surface area contributed by atoms with Crippen LogP contribution in [0.15, 0.2) is 48.5 Å². The minimum Gasteiger partial charge on any atom is -0.429 e. The summed E-state index contributed by atoms with van der Waals surface area (Å²) in [7, 11) is 0. The van der Waals surface area contributed by atoms with E-state index in [4.69, 9.17) is 0 Å². The SMILES string of the molecule is CCCCc1ccc(C#Cc2ccc(C(F)(F)Oc3cc(F)c(C(F)(F)F)c(F)c3)c(F)c2)c(F)c1. The van der Waals surface area contributed by atoms with Gasteiger partial charge in [-0.2, -0.15) is 22.0 Å². The third kappa shape index (κ3) is 6.33. The van der Waals surface area contributed by atoms with E-state index in [0.29, 0.717) is 18.6 Å². The molecule has 0 saturated heterocycles. The zero-order chi connectivity index (χ0) is 26.7. The lowest BCUT2D eigenvalue weighted by molar-refractivity contribution is -0.187. The van der Waals surface area contributed by atoms with Crippen LogP contribution < -0.4 is 4.74 Å². The Morgan fingerprint density at radius 3 is 1.97 bits per heavy atom. The van der Waals surface area contributed by atoms with Gasteiger partial charge >= 0.3 is 12.3 Å². The van der Waals surface area contributed by atoms with Crippen molar-refractivity contribution in [3.63, 3.8) is 0 Å². The fourth-order valence-electron chi connectivity index (χ4n) is 3.25. The molecule has 36 heavy (non-hydrogen) atoms. The summed E-state index contributed by atoms with van der Waals surface area (Å²) in [5, 5.41) is 0. The van der Waals surface area contributed by atoms with Gasteiger partial charge in [0, 0.05) is 17.7 Å². The molecule has 0 aliphatic heterocycles. The number of aryl methyl sites for hydroxylation is 1. The Labute approximate surface area is 200 Å². The molecule has 0 atom stereocenters. The molecule has 1 nitrogen and oxygen atoms in total. The Balaban J connectivity index is 1.82. The maximum Gasteiger partial charge on any atom is 0.429 e. The Bertz CT molecular complexity index is 1290. The van der Waals surface area contributed by atoms with E-state index in [1.54, 1.807) is 6.07 Å². The van der Waals surface area contributed by atoms with Crippen LogP contribution in [0, 0.1) is 35.1 Å². The van der Waals surface area contributed by atoms with Crippen LogP contribution >= 0.6 is 0 Å². The molecule has 3 aromatic carbocycles. The van der Waals surface area contributed by atoms with Gasteiger partial charge in [-0.05, 0) is 48.7 Å². The molecule has 0 aliphatic rings. The lowest BCUT2D eigenvalue weighted by Crippen LogP contribution is -2.24. The van der Waals surface area contributed by atoms with Crippen molar-refractivity contribution in [2.45, 2.75) is 38.5 Å². The second-order valence-corrected chi connectivity index (χ2v) is 7.74. The normalized spacial score (nSPS) is 11.7. The van der Waals surface area contributed by atoms with Crippen molar-refractivity contribution >= 4 is 0 Å². The van der Waals surface area contributed by atoms with Gasteiger partial charge in [0.1, 0.15) is 40.1 Å². The summed E-state index contributed by atoms with van der Waals surface area (Å²) < 4.78 is 127. The predicted octanol–water partition coefficient (Wildman–Crippen LogP) is 8.13. The number of ether oxygens (including phenoxy) is 1. The highest BCUT2D eigenvalue weighted by molar-refractivity contribution is 5.45. The third-order valence-corrected chi connectivity index (χ3v) is 5.02. The summed E-state index contributed by atoms with van der Waals surface area (Å²) in [6.07, 6.45) is -7.40. The zero-order valence-corrected chi connectivity index (χ0v) is 18.6. The van der Waals surface area contributed by atoms with Crippen LogP contribution in [-0.2, 0) is 18.7 Å². The Hall–Kier alpha value is -3.61. The highest BCUT2D eigenvalue weighted by Crippen LogP contribution is 2.38. The standard InChI is InChI=1S/C26H17F9O/c1-2-3-4-15-5-8-17(20(27)11-15)9-6-16-7-10-19(21(28)12-16)26(34,35)36-18-13-22(29)24(23(30)14-18)25(31,32)33/h5,7-8,10-14H,2-4H2,1H3. The van der Waals surface area contributed by atoms with E-state index in [9.17, 15) is 39.5 Å². The summed E-state index contributed by atoms with van der Waals surface area (Å²) in [6, 6.07) is 6.47. The number of halogens is 9. The average Bonchev–Trinajstić information content (AvgIpc) is 2.75. The van der Waals surface area contributed by atoms with Gasteiger partial charge in [0.25, 0.3) is 0 Å². The molecule has 0 spiro atoms. The summed E-state index contributed by atoms with van der Waals surface area (Å²) in [5.41, 5.74) is -2.93. The Morgan fingerprint density at radius 1 is 0.750 bits per heavy atom. The van der Waals surface area contributed by atoms with Crippen LogP contribution in [0.3, 0.4) is 0 Å². The minimum absolute atomic E-state index is 0.0137. The number of hydrogen-bond donors (Lipinski definition) is 0. The summed E-state index contributed by atoms with van der Waals surface area (Å²) in [4.78, 5) is 0. The van der Waals surface area contributed by atoms with Gasteiger partial charge in [0.2, 0.25) is 0 Å². The van der Waals surface area contributed by atoms with E-state index in [1.165, 1.54) is 12.1 Å². The molecule has 0 radical (unpaired) electrons. The molecule has 0 saturated carbocycles. The van der Waals surface area contributed by atoms with Crippen LogP contribution in [0.1, 0.15) is 47.6 Å². The molecule has 190 valence electrons. The summed E-state index contributed by atoms with van der Waals surface area (Å²) >= 11 is 0. The smallest absolute Gasteiger partial charge is 0.429 e. The molecule has 3 rings (SSSR count). The molecule has 0 bridgehead atoms. The highest BCUT2D eigenvalue weighted by Gasteiger charge is 2.41. The number of alkyl halides is 5. The van der Waals surface area contributed by atoms with Crippen molar-refractivity contribution in [1.29, 1.82) is 0 Å². The van der Waals surface area contributed by atoms with E-state index in [2.05, 4.69) is 16.6 Å². The van der Waals surface area contributed by atoms with Crippen molar-refractivity contribution in [2.24, 2.45) is 0 Å². The van der Waals surface area contributed by atoms with Crippen molar-refractivity contribution in [1.82, 2.24) is 0 Å². The summed E-state index contributed by atoms with van der Waals surface area (Å²) in [5.74, 6) is -2.82. The Morgan fingerprint density at radius 2 is 1.42 bits per heavy atom. The lowest BCUT2D eigenvalue weighted by Gasteiger charge is -2.20. The lowest BCUT2D eigenvalue weighted by atomic mass is 10.1. The maximum atomic E-state index is 14.4. The van der Waals surface area contributed by atoms with E-state index in [0.717, 1.165) is 24.5 Å². The molecule has 0 fully saturated rings. The molecule has 0 heterocycles. The quantitative estimate of drug-likeness (QED) is 0.238. The molecule has 3 aromatic rings. The topological polar surface area (TPSA) is 9.23 Å². The molecule has 0 amide bonds. The number of hydrogen-bond acceptors (Lipinski definition) is 1. The van der Waals surface area contributed by atoms with Gasteiger partial charge in [-0.1, -0.05) is 31.3 Å². The monoisotopic (exact) mass is 516 g/mol. The van der Waals surface area contributed by atoms with Crippen LogP contribution in [-0.4, -0.2) is 0 Å². The largest absolute Gasteiger partial charge is 0.429 e. The van der Waals surface area contributed by atoms with Crippen molar-refractivity contribution in [2.75, 3.05) is 0 Å². The van der Waals surface area contributed by atoms with Crippen molar-refractivity contribution in [3.05, 3.63) is 99.6 Å². The average molecular weight is 516 g/mol. The molecular formula is C26H17F9O. The van der Waals surface area contributed by atoms with Gasteiger partial charge in [-0.15, -0.1) is 0 Å². The first-order valence-corrected chi connectivity index (χ1v) is 10.6. The molecule has 0 aromatic heterocycles. The first-order chi connectivity index (χ1) is 16.8. The van der Waals surface area contributed by atoms with Gasteiger partial charge in [0.15, 0.2) is 0 Å². The fourth-order valence-corrected chi connectivity index (χ4v) is 3.25. The van der Waals surface area contributed by atoms with E-state index < -0.39 is 52.4 Å².